The quantitative estimate of drug-likeness (QED) is 0.740. The summed E-state index contributed by atoms with van der Waals surface area (Å²) in [7, 11) is 0. The highest BCUT2D eigenvalue weighted by Crippen LogP contribution is 2.45. The van der Waals surface area contributed by atoms with Crippen molar-refractivity contribution < 1.29 is 22.8 Å². The summed E-state index contributed by atoms with van der Waals surface area (Å²) in [6, 6.07) is 5.17. The van der Waals surface area contributed by atoms with Gasteiger partial charge in [0.25, 0.3) is 0 Å². The van der Waals surface area contributed by atoms with Crippen LogP contribution in [-0.4, -0.2) is 48.4 Å². The second kappa shape index (κ2) is 8.54. The molecule has 0 bridgehead atoms. The number of carbonyl (C=O) groups is 2. The standard InChI is InChI=1S/C24H29F3N4O2/c1-15(2)22(33)31-14-23(12-20(31)21(32)29-17-4-5-17)7-9-30(10-8-23)18-6-3-16(13-28)19(11-18)24(25,26)27/h3,6,11,15,17,20H,4-5,7-10,12,14H2,1-2H3,(H,29,32). The third-order valence-corrected chi connectivity index (χ3v) is 7.13. The maximum absolute atomic E-state index is 13.4. The van der Waals surface area contributed by atoms with E-state index in [4.69, 9.17) is 5.26 Å². The van der Waals surface area contributed by atoms with Crippen molar-refractivity contribution in [2.45, 2.75) is 64.2 Å². The summed E-state index contributed by atoms with van der Waals surface area (Å²) in [5.74, 6) is -0.337. The molecule has 0 aromatic heterocycles. The van der Waals surface area contributed by atoms with Crippen molar-refractivity contribution in [1.82, 2.24) is 10.2 Å². The molecule has 6 nitrogen and oxygen atoms in total. The van der Waals surface area contributed by atoms with Gasteiger partial charge in [-0.2, -0.15) is 18.4 Å². The number of hydrogen-bond donors (Lipinski definition) is 1. The van der Waals surface area contributed by atoms with Gasteiger partial charge in [0.15, 0.2) is 0 Å². The lowest BCUT2D eigenvalue weighted by atomic mass is 9.76. The van der Waals surface area contributed by atoms with Gasteiger partial charge in [0.1, 0.15) is 6.04 Å². The summed E-state index contributed by atoms with van der Waals surface area (Å²) in [4.78, 5) is 29.4. The number of likely N-dealkylation sites (tertiary alicyclic amines) is 1. The zero-order valence-corrected chi connectivity index (χ0v) is 18.9. The molecule has 1 aromatic carbocycles. The number of hydrogen-bond acceptors (Lipinski definition) is 4. The fourth-order valence-electron chi connectivity index (χ4n) is 5.04. The van der Waals surface area contributed by atoms with Crippen molar-refractivity contribution in [2.75, 3.05) is 24.5 Å². The van der Waals surface area contributed by atoms with Crippen molar-refractivity contribution in [3.05, 3.63) is 29.3 Å². The first-order valence-corrected chi connectivity index (χ1v) is 11.5. The van der Waals surface area contributed by atoms with Crippen molar-refractivity contribution in [1.29, 1.82) is 5.26 Å². The number of nitrogens with zero attached hydrogens (tertiary/aromatic N) is 3. The van der Waals surface area contributed by atoms with Crippen LogP contribution in [0.25, 0.3) is 0 Å². The molecular formula is C24H29F3N4O2. The molecular weight excluding hydrogens is 433 g/mol. The fraction of sp³-hybridized carbons (Fsp3) is 0.625. The van der Waals surface area contributed by atoms with Gasteiger partial charge < -0.3 is 15.1 Å². The molecule has 1 spiro atoms. The Labute approximate surface area is 191 Å². The third-order valence-electron chi connectivity index (χ3n) is 7.13. The van der Waals surface area contributed by atoms with Crippen molar-refractivity contribution in [3.63, 3.8) is 0 Å². The molecule has 0 radical (unpaired) electrons. The number of alkyl halides is 3. The second-order valence-electron chi connectivity index (χ2n) is 9.95. The van der Waals surface area contributed by atoms with Crippen LogP contribution in [0.3, 0.4) is 0 Å². The zero-order valence-electron chi connectivity index (χ0n) is 18.9. The van der Waals surface area contributed by atoms with Crippen molar-refractivity contribution in [3.8, 4) is 6.07 Å². The van der Waals surface area contributed by atoms with E-state index in [9.17, 15) is 22.8 Å². The molecule has 1 saturated carbocycles. The Morgan fingerprint density at radius 1 is 1.21 bits per heavy atom. The van der Waals surface area contributed by atoms with Crippen LogP contribution in [0, 0.1) is 22.7 Å². The minimum atomic E-state index is -4.59. The molecule has 178 valence electrons. The first-order chi connectivity index (χ1) is 15.5. The first kappa shape index (κ1) is 23.4. The molecule has 4 rings (SSSR count). The predicted molar refractivity (Wildman–Crippen MR) is 116 cm³/mol. The number of piperidine rings is 1. The summed E-state index contributed by atoms with van der Waals surface area (Å²) >= 11 is 0. The SMILES string of the molecule is CC(C)C(=O)N1CC2(CCN(c3ccc(C#N)c(C(F)(F)F)c3)CC2)CC1C(=O)NC1CC1. The Kier molecular flexibility index (Phi) is 6.06. The second-order valence-corrected chi connectivity index (χ2v) is 9.95. The van der Waals surface area contributed by atoms with E-state index in [2.05, 4.69) is 5.32 Å². The van der Waals surface area contributed by atoms with Crippen LogP contribution >= 0.6 is 0 Å². The van der Waals surface area contributed by atoms with Gasteiger partial charge in [-0.3, -0.25) is 9.59 Å². The lowest BCUT2D eigenvalue weighted by Crippen LogP contribution is -2.47. The molecule has 1 atom stereocenters. The van der Waals surface area contributed by atoms with Gasteiger partial charge in [-0.25, -0.2) is 0 Å². The number of nitrogens with one attached hydrogen (secondary N) is 1. The largest absolute Gasteiger partial charge is 0.417 e. The minimum absolute atomic E-state index is 0.0350. The van der Waals surface area contributed by atoms with E-state index < -0.39 is 17.8 Å². The number of nitriles is 1. The number of halogens is 3. The van der Waals surface area contributed by atoms with Crippen LogP contribution in [0.5, 0.6) is 0 Å². The van der Waals surface area contributed by atoms with Crippen molar-refractivity contribution >= 4 is 17.5 Å². The Bertz CT molecular complexity index is 973. The highest BCUT2D eigenvalue weighted by atomic mass is 19.4. The lowest BCUT2D eigenvalue weighted by molar-refractivity contribution is -0.141. The summed E-state index contributed by atoms with van der Waals surface area (Å²) in [5.41, 5.74) is -1.09. The lowest BCUT2D eigenvalue weighted by Gasteiger charge is -2.40. The maximum atomic E-state index is 13.4. The first-order valence-electron chi connectivity index (χ1n) is 11.5. The Morgan fingerprint density at radius 3 is 2.42 bits per heavy atom. The highest BCUT2D eigenvalue weighted by Gasteiger charge is 2.50. The Hall–Kier alpha value is -2.76. The van der Waals surface area contributed by atoms with E-state index in [1.807, 2.05) is 18.7 Å². The van der Waals surface area contributed by atoms with Gasteiger partial charge >= 0.3 is 6.18 Å². The molecule has 3 fully saturated rings. The van der Waals surface area contributed by atoms with E-state index in [1.54, 1.807) is 17.0 Å². The molecule has 1 unspecified atom stereocenters. The zero-order chi connectivity index (χ0) is 24.0. The maximum Gasteiger partial charge on any atom is 0.417 e. The molecule has 2 heterocycles. The number of amides is 2. The normalized spacial score (nSPS) is 22.5. The van der Waals surface area contributed by atoms with Crippen LogP contribution < -0.4 is 10.2 Å². The van der Waals surface area contributed by atoms with E-state index in [-0.39, 0.29) is 34.8 Å². The van der Waals surface area contributed by atoms with Crippen LogP contribution in [0.1, 0.15) is 57.1 Å². The van der Waals surface area contributed by atoms with E-state index in [1.165, 1.54) is 6.07 Å². The van der Waals surface area contributed by atoms with Gasteiger partial charge in [0.05, 0.1) is 17.2 Å². The molecule has 2 amide bonds. The van der Waals surface area contributed by atoms with Crippen molar-refractivity contribution in [2.24, 2.45) is 11.3 Å². The molecule has 1 N–H and O–H groups in total. The Morgan fingerprint density at radius 2 is 1.88 bits per heavy atom. The number of anilines is 1. The smallest absolute Gasteiger partial charge is 0.371 e. The molecule has 1 aromatic rings. The van der Waals surface area contributed by atoms with E-state index in [0.717, 1.165) is 18.9 Å². The Balaban J connectivity index is 1.49. The molecule has 1 aliphatic carbocycles. The summed E-state index contributed by atoms with van der Waals surface area (Å²) in [6.45, 7) is 5.22. The fourth-order valence-corrected chi connectivity index (χ4v) is 5.04. The van der Waals surface area contributed by atoms with Crippen LogP contribution in [-0.2, 0) is 15.8 Å². The summed E-state index contributed by atoms with van der Waals surface area (Å²) < 4.78 is 40.1. The molecule has 9 heteroatoms. The third kappa shape index (κ3) is 4.80. The monoisotopic (exact) mass is 462 g/mol. The number of carbonyl (C=O) groups excluding carboxylic acids is 2. The van der Waals surface area contributed by atoms with E-state index in [0.29, 0.717) is 44.6 Å². The van der Waals surface area contributed by atoms with Crippen LogP contribution in [0.15, 0.2) is 18.2 Å². The molecule has 3 aliphatic rings. The van der Waals surface area contributed by atoms with Gasteiger partial charge in [-0.15, -0.1) is 0 Å². The molecule has 33 heavy (non-hydrogen) atoms. The van der Waals surface area contributed by atoms with Crippen LogP contribution in [0.4, 0.5) is 18.9 Å². The highest BCUT2D eigenvalue weighted by molar-refractivity contribution is 5.89. The average molecular weight is 463 g/mol. The summed E-state index contributed by atoms with van der Waals surface area (Å²) in [5, 5.41) is 12.1. The predicted octanol–water partition coefficient (Wildman–Crippen LogP) is 3.70. The van der Waals surface area contributed by atoms with Gasteiger partial charge in [-0.05, 0) is 55.7 Å². The van der Waals surface area contributed by atoms with Gasteiger partial charge in [-0.1, -0.05) is 13.8 Å². The van der Waals surface area contributed by atoms with Gasteiger partial charge in [0.2, 0.25) is 11.8 Å². The number of benzene rings is 1. The minimum Gasteiger partial charge on any atom is -0.371 e. The molecule has 2 saturated heterocycles. The van der Waals surface area contributed by atoms with Crippen LogP contribution in [0.2, 0.25) is 0 Å². The van der Waals surface area contributed by atoms with E-state index >= 15 is 0 Å². The summed E-state index contributed by atoms with van der Waals surface area (Å²) in [6.07, 6.45) is -0.697. The van der Waals surface area contributed by atoms with Gasteiger partial charge in [0, 0.05) is 37.3 Å². The number of rotatable bonds is 4. The average Bonchev–Trinajstić information content (AvgIpc) is 3.51. The molecule has 2 aliphatic heterocycles. The topological polar surface area (TPSA) is 76.4 Å².